The van der Waals surface area contributed by atoms with Gasteiger partial charge in [-0.2, -0.15) is 0 Å². The summed E-state index contributed by atoms with van der Waals surface area (Å²) in [7, 11) is -2.59. The zero-order valence-corrected chi connectivity index (χ0v) is 15.6. The first kappa shape index (κ1) is 17.9. The van der Waals surface area contributed by atoms with E-state index in [1.165, 1.54) is 0 Å². The van der Waals surface area contributed by atoms with Crippen LogP contribution in [0.15, 0.2) is 66.7 Å². The lowest BCUT2D eigenvalue weighted by atomic mass is 10.3. The van der Waals surface area contributed by atoms with Gasteiger partial charge in [0.25, 0.3) is 0 Å². The van der Waals surface area contributed by atoms with Gasteiger partial charge in [0.1, 0.15) is 30.1 Å². The van der Waals surface area contributed by atoms with E-state index in [1.54, 1.807) is 80.1 Å². The maximum atomic E-state index is 12.8. The maximum Gasteiger partial charge on any atom is 0.138 e. The SMILES string of the molecule is CP(C)(=O)c1cc(Oc2ccc(N)cc2)ccc1Oc1ccc(N)cc1. The predicted molar refractivity (Wildman–Crippen MR) is 107 cm³/mol. The summed E-state index contributed by atoms with van der Waals surface area (Å²) in [6.07, 6.45) is 0. The van der Waals surface area contributed by atoms with Gasteiger partial charge in [0, 0.05) is 11.4 Å². The molecule has 0 aliphatic rings. The van der Waals surface area contributed by atoms with Gasteiger partial charge < -0.3 is 25.5 Å². The molecule has 0 atom stereocenters. The molecule has 6 heteroatoms. The van der Waals surface area contributed by atoms with Crippen LogP contribution in [0.25, 0.3) is 0 Å². The Balaban J connectivity index is 1.91. The van der Waals surface area contributed by atoms with E-state index in [0.29, 0.717) is 39.7 Å². The lowest BCUT2D eigenvalue weighted by Gasteiger charge is -2.16. The summed E-state index contributed by atoms with van der Waals surface area (Å²) in [5, 5.41) is 0.613. The fourth-order valence-corrected chi connectivity index (χ4v) is 3.49. The van der Waals surface area contributed by atoms with Gasteiger partial charge in [0.15, 0.2) is 0 Å². The monoisotopic (exact) mass is 368 g/mol. The van der Waals surface area contributed by atoms with Crippen LogP contribution < -0.4 is 26.2 Å². The normalized spacial score (nSPS) is 11.2. The highest BCUT2D eigenvalue weighted by Crippen LogP contribution is 2.41. The first-order chi connectivity index (χ1) is 12.3. The third-order valence-electron chi connectivity index (χ3n) is 3.73. The van der Waals surface area contributed by atoms with Crippen LogP contribution in [-0.2, 0) is 4.57 Å². The Kier molecular flexibility index (Phi) is 4.92. The van der Waals surface area contributed by atoms with Crippen molar-refractivity contribution in [3.05, 3.63) is 66.7 Å². The van der Waals surface area contributed by atoms with E-state index in [9.17, 15) is 4.57 Å². The summed E-state index contributed by atoms with van der Waals surface area (Å²) in [5.41, 5.74) is 12.7. The molecule has 134 valence electrons. The second-order valence-electron chi connectivity index (χ2n) is 6.32. The molecule has 26 heavy (non-hydrogen) atoms. The molecule has 0 radical (unpaired) electrons. The quantitative estimate of drug-likeness (QED) is 0.504. The summed E-state index contributed by atoms with van der Waals surface area (Å²) in [6.45, 7) is 3.40. The van der Waals surface area contributed by atoms with Crippen LogP contribution in [0.2, 0.25) is 0 Å². The van der Waals surface area contributed by atoms with Gasteiger partial charge in [-0.25, -0.2) is 0 Å². The first-order valence-corrected chi connectivity index (χ1v) is 10.7. The number of anilines is 2. The Labute approximate surface area is 152 Å². The van der Waals surface area contributed by atoms with Gasteiger partial charge in [-0.3, -0.25) is 0 Å². The molecule has 0 spiro atoms. The van der Waals surface area contributed by atoms with E-state index in [2.05, 4.69) is 0 Å². The van der Waals surface area contributed by atoms with E-state index in [0.717, 1.165) is 0 Å². The lowest BCUT2D eigenvalue weighted by Crippen LogP contribution is -2.07. The number of hydrogen-bond donors (Lipinski definition) is 2. The summed E-state index contributed by atoms with van der Waals surface area (Å²) >= 11 is 0. The van der Waals surface area contributed by atoms with E-state index in [4.69, 9.17) is 20.9 Å². The van der Waals surface area contributed by atoms with Crippen molar-refractivity contribution in [3.8, 4) is 23.0 Å². The van der Waals surface area contributed by atoms with Crippen molar-refractivity contribution in [3.63, 3.8) is 0 Å². The number of hydrogen-bond acceptors (Lipinski definition) is 5. The molecular weight excluding hydrogens is 347 g/mol. The van der Waals surface area contributed by atoms with E-state index < -0.39 is 7.14 Å². The predicted octanol–water partition coefficient (Wildman–Crippen LogP) is 4.68. The Morgan fingerprint density at radius 3 is 1.65 bits per heavy atom. The molecular formula is C20H21N2O3P. The van der Waals surface area contributed by atoms with Crippen molar-refractivity contribution in [1.29, 1.82) is 0 Å². The third-order valence-corrected chi connectivity index (χ3v) is 5.24. The highest BCUT2D eigenvalue weighted by molar-refractivity contribution is 7.70. The molecule has 0 heterocycles. The third kappa shape index (κ3) is 4.38. The fraction of sp³-hybridized carbons (Fsp3) is 0.100. The smallest absolute Gasteiger partial charge is 0.138 e. The van der Waals surface area contributed by atoms with Crippen molar-refractivity contribution in [2.24, 2.45) is 0 Å². The van der Waals surface area contributed by atoms with Crippen LogP contribution in [0, 0.1) is 0 Å². The minimum atomic E-state index is -2.59. The summed E-state index contributed by atoms with van der Waals surface area (Å²) in [4.78, 5) is 0. The van der Waals surface area contributed by atoms with Crippen LogP contribution in [0.1, 0.15) is 0 Å². The summed E-state index contributed by atoms with van der Waals surface area (Å²) < 4.78 is 24.5. The number of ether oxygens (including phenoxy) is 2. The average molecular weight is 368 g/mol. The number of rotatable bonds is 5. The van der Waals surface area contributed by atoms with Gasteiger partial charge in [-0.05, 0) is 80.1 Å². The second kappa shape index (κ2) is 7.14. The minimum Gasteiger partial charge on any atom is -0.457 e. The largest absolute Gasteiger partial charge is 0.457 e. The van der Waals surface area contributed by atoms with E-state index >= 15 is 0 Å². The number of benzene rings is 3. The van der Waals surface area contributed by atoms with Crippen molar-refractivity contribution in [2.45, 2.75) is 0 Å². The molecule has 0 saturated carbocycles. The van der Waals surface area contributed by atoms with Gasteiger partial charge >= 0.3 is 0 Å². The highest BCUT2D eigenvalue weighted by Gasteiger charge is 2.19. The summed E-state index contributed by atoms with van der Waals surface area (Å²) in [5.74, 6) is 2.40. The second-order valence-corrected chi connectivity index (χ2v) is 9.51. The molecule has 0 unspecified atom stereocenters. The Bertz CT molecular complexity index is 948. The zero-order valence-electron chi connectivity index (χ0n) is 14.7. The molecule has 0 amide bonds. The van der Waals surface area contributed by atoms with Crippen molar-refractivity contribution >= 4 is 23.8 Å². The van der Waals surface area contributed by atoms with Crippen molar-refractivity contribution in [1.82, 2.24) is 0 Å². The first-order valence-electron chi connectivity index (χ1n) is 8.08. The highest BCUT2D eigenvalue weighted by atomic mass is 31.2. The van der Waals surface area contributed by atoms with Crippen molar-refractivity contribution < 1.29 is 14.0 Å². The Morgan fingerprint density at radius 1 is 0.692 bits per heavy atom. The molecule has 0 bridgehead atoms. The average Bonchev–Trinajstić information content (AvgIpc) is 2.59. The molecule has 0 aromatic heterocycles. The van der Waals surface area contributed by atoms with Crippen LogP contribution in [-0.4, -0.2) is 13.3 Å². The van der Waals surface area contributed by atoms with Gasteiger partial charge in [-0.15, -0.1) is 0 Å². The molecule has 0 saturated heterocycles. The minimum absolute atomic E-state index is 0.535. The Hall–Kier alpha value is -2.91. The number of nitrogen functional groups attached to an aromatic ring is 2. The topological polar surface area (TPSA) is 87.6 Å². The van der Waals surface area contributed by atoms with Gasteiger partial charge in [0.2, 0.25) is 0 Å². The molecule has 5 nitrogen and oxygen atoms in total. The van der Waals surface area contributed by atoms with E-state index in [1.807, 2.05) is 0 Å². The molecule has 0 aliphatic heterocycles. The Morgan fingerprint density at radius 2 is 1.15 bits per heavy atom. The number of nitrogens with two attached hydrogens (primary N) is 2. The molecule has 3 aromatic carbocycles. The summed E-state index contributed by atoms with van der Waals surface area (Å²) in [6, 6.07) is 19.4. The molecule has 3 rings (SSSR count). The molecule has 4 N–H and O–H groups in total. The molecule has 0 aliphatic carbocycles. The van der Waals surface area contributed by atoms with Crippen LogP contribution in [0.4, 0.5) is 11.4 Å². The zero-order chi connectivity index (χ0) is 18.7. The van der Waals surface area contributed by atoms with Crippen molar-refractivity contribution in [2.75, 3.05) is 24.8 Å². The van der Waals surface area contributed by atoms with Gasteiger partial charge in [-0.1, -0.05) is 0 Å². The lowest BCUT2D eigenvalue weighted by molar-refractivity contribution is 0.472. The van der Waals surface area contributed by atoms with Crippen LogP contribution >= 0.6 is 7.14 Å². The molecule has 3 aromatic rings. The van der Waals surface area contributed by atoms with E-state index in [-0.39, 0.29) is 0 Å². The maximum absolute atomic E-state index is 12.8. The molecule has 0 fully saturated rings. The fourth-order valence-electron chi connectivity index (χ4n) is 2.40. The van der Waals surface area contributed by atoms with Crippen LogP contribution in [0.3, 0.4) is 0 Å². The van der Waals surface area contributed by atoms with Crippen LogP contribution in [0.5, 0.6) is 23.0 Å². The van der Waals surface area contributed by atoms with Gasteiger partial charge in [0.05, 0.1) is 5.30 Å². The standard InChI is InChI=1S/C20H21N2O3P/c1-26(2,23)20-13-18(24-16-7-3-14(21)4-8-16)11-12-19(20)25-17-9-5-15(22)6-10-17/h3-13H,21-22H2,1-2H3.